The first kappa shape index (κ1) is 10.2. The first-order valence-corrected chi connectivity index (χ1v) is 3.82. The van der Waals surface area contributed by atoms with Crippen LogP contribution in [0.15, 0.2) is 0 Å². The SMILES string of the molecule is CCCCNC(=O)NCOC. The van der Waals surface area contributed by atoms with E-state index in [0.717, 1.165) is 19.4 Å². The zero-order valence-electron chi connectivity index (χ0n) is 7.14. The molecule has 0 aromatic heterocycles. The molecule has 0 unspecified atom stereocenters. The van der Waals surface area contributed by atoms with Crippen LogP contribution in [0.3, 0.4) is 0 Å². The molecule has 0 aliphatic rings. The molecule has 0 aliphatic heterocycles. The van der Waals surface area contributed by atoms with Crippen LogP contribution in [-0.2, 0) is 4.74 Å². The molecule has 0 heterocycles. The van der Waals surface area contributed by atoms with Crippen molar-refractivity contribution in [3.8, 4) is 0 Å². The van der Waals surface area contributed by atoms with Gasteiger partial charge in [-0.25, -0.2) is 4.79 Å². The monoisotopic (exact) mass is 160 g/mol. The fourth-order valence-electron chi connectivity index (χ4n) is 0.579. The molecule has 2 amide bonds. The third kappa shape index (κ3) is 7.12. The van der Waals surface area contributed by atoms with Gasteiger partial charge in [-0.2, -0.15) is 0 Å². The van der Waals surface area contributed by atoms with E-state index in [1.54, 1.807) is 0 Å². The Hall–Kier alpha value is -0.770. The molecule has 4 heteroatoms. The van der Waals surface area contributed by atoms with E-state index in [1.165, 1.54) is 7.11 Å². The molecule has 0 aliphatic carbocycles. The third-order valence-corrected chi connectivity index (χ3v) is 1.19. The molecule has 11 heavy (non-hydrogen) atoms. The highest BCUT2D eigenvalue weighted by Crippen LogP contribution is 1.81. The summed E-state index contributed by atoms with van der Waals surface area (Å²) < 4.78 is 4.65. The van der Waals surface area contributed by atoms with Crippen molar-refractivity contribution >= 4 is 6.03 Å². The number of rotatable bonds is 5. The lowest BCUT2D eigenvalue weighted by Crippen LogP contribution is -2.36. The molecular formula is C7H16N2O2. The summed E-state index contributed by atoms with van der Waals surface area (Å²) in [6, 6.07) is -0.166. The maximum atomic E-state index is 10.8. The van der Waals surface area contributed by atoms with Crippen LogP contribution in [-0.4, -0.2) is 26.4 Å². The highest BCUT2D eigenvalue weighted by molar-refractivity contribution is 5.73. The number of urea groups is 1. The van der Waals surface area contributed by atoms with E-state index < -0.39 is 0 Å². The van der Waals surface area contributed by atoms with Crippen molar-refractivity contribution in [3.63, 3.8) is 0 Å². The summed E-state index contributed by atoms with van der Waals surface area (Å²) in [6.07, 6.45) is 2.10. The molecule has 0 atom stereocenters. The predicted octanol–water partition coefficient (Wildman–Crippen LogP) is 0.690. The summed E-state index contributed by atoms with van der Waals surface area (Å²) in [4.78, 5) is 10.8. The Morgan fingerprint density at radius 2 is 2.18 bits per heavy atom. The van der Waals surface area contributed by atoms with Gasteiger partial charge in [-0.05, 0) is 6.42 Å². The fraction of sp³-hybridized carbons (Fsp3) is 0.857. The molecular weight excluding hydrogens is 144 g/mol. The second-order valence-corrected chi connectivity index (χ2v) is 2.22. The van der Waals surface area contributed by atoms with E-state index in [4.69, 9.17) is 0 Å². The van der Waals surface area contributed by atoms with E-state index in [2.05, 4.69) is 22.3 Å². The molecule has 4 nitrogen and oxygen atoms in total. The number of carbonyl (C=O) groups excluding carboxylic acids is 1. The Morgan fingerprint density at radius 3 is 2.73 bits per heavy atom. The van der Waals surface area contributed by atoms with Crippen molar-refractivity contribution in [1.29, 1.82) is 0 Å². The fourth-order valence-corrected chi connectivity index (χ4v) is 0.579. The van der Waals surface area contributed by atoms with Crippen molar-refractivity contribution in [2.75, 3.05) is 20.4 Å². The van der Waals surface area contributed by atoms with Gasteiger partial charge in [-0.1, -0.05) is 13.3 Å². The van der Waals surface area contributed by atoms with Gasteiger partial charge in [0.25, 0.3) is 0 Å². The van der Waals surface area contributed by atoms with Crippen molar-refractivity contribution in [2.24, 2.45) is 0 Å². The van der Waals surface area contributed by atoms with Crippen LogP contribution in [0, 0.1) is 0 Å². The largest absolute Gasteiger partial charge is 0.364 e. The lowest BCUT2D eigenvalue weighted by Gasteiger charge is -2.04. The van der Waals surface area contributed by atoms with Crippen LogP contribution in [0.25, 0.3) is 0 Å². The van der Waals surface area contributed by atoms with Crippen LogP contribution in [0.2, 0.25) is 0 Å². The van der Waals surface area contributed by atoms with Gasteiger partial charge in [0.2, 0.25) is 0 Å². The molecule has 0 aromatic rings. The molecule has 66 valence electrons. The number of methoxy groups -OCH3 is 1. The van der Waals surface area contributed by atoms with Crippen molar-refractivity contribution < 1.29 is 9.53 Å². The second-order valence-electron chi connectivity index (χ2n) is 2.22. The Morgan fingerprint density at radius 1 is 1.45 bits per heavy atom. The van der Waals surface area contributed by atoms with E-state index in [-0.39, 0.29) is 12.8 Å². The van der Waals surface area contributed by atoms with Crippen LogP contribution in [0.5, 0.6) is 0 Å². The van der Waals surface area contributed by atoms with Crippen molar-refractivity contribution in [3.05, 3.63) is 0 Å². The maximum absolute atomic E-state index is 10.8. The van der Waals surface area contributed by atoms with E-state index in [1.807, 2.05) is 0 Å². The van der Waals surface area contributed by atoms with Crippen LogP contribution >= 0.6 is 0 Å². The molecule has 2 N–H and O–H groups in total. The number of unbranched alkanes of at least 4 members (excludes halogenated alkanes) is 1. The standard InChI is InChI=1S/C7H16N2O2/c1-3-4-5-8-7(10)9-6-11-2/h3-6H2,1-2H3,(H2,8,9,10). The summed E-state index contributed by atoms with van der Waals surface area (Å²) in [5.74, 6) is 0. The minimum atomic E-state index is -0.166. The molecule has 0 saturated carbocycles. The Balaban J connectivity index is 3.09. The highest BCUT2D eigenvalue weighted by Gasteiger charge is 1.94. The normalized spacial score (nSPS) is 9.27. The van der Waals surface area contributed by atoms with Gasteiger partial charge in [-0.15, -0.1) is 0 Å². The highest BCUT2D eigenvalue weighted by atomic mass is 16.5. The topological polar surface area (TPSA) is 50.4 Å². The van der Waals surface area contributed by atoms with Gasteiger partial charge < -0.3 is 15.4 Å². The number of hydrogen-bond donors (Lipinski definition) is 2. The van der Waals surface area contributed by atoms with Gasteiger partial charge >= 0.3 is 6.03 Å². The lowest BCUT2D eigenvalue weighted by molar-refractivity contribution is 0.172. The molecule has 0 saturated heterocycles. The average molecular weight is 160 g/mol. The molecule has 0 aromatic carbocycles. The van der Waals surface area contributed by atoms with E-state index in [9.17, 15) is 4.79 Å². The number of amides is 2. The van der Waals surface area contributed by atoms with Gasteiger partial charge in [-0.3, -0.25) is 0 Å². The zero-order chi connectivity index (χ0) is 8.53. The smallest absolute Gasteiger partial charge is 0.316 e. The third-order valence-electron chi connectivity index (χ3n) is 1.19. The summed E-state index contributed by atoms with van der Waals surface area (Å²) >= 11 is 0. The number of nitrogens with one attached hydrogen (secondary N) is 2. The van der Waals surface area contributed by atoms with Crippen LogP contribution < -0.4 is 10.6 Å². The zero-order valence-corrected chi connectivity index (χ0v) is 7.14. The number of ether oxygens (including phenoxy) is 1. The molecule has 0 radical (unpaired) electrons. The molecule has 0 spiro atoms. The average Bonchev–Trinajstić information content (AvgIpc) is 2.01. The Labute approximate surface area is 67.3 Å². The molecule has 0 fully saturated rings. The molecule has 0 rings (SSSR count). The number of carbonyl (C=O) groups is 1. The minimum Gasteiger partial charge on any atom is -0.364 e. The van der Waals surface area contributed by atoms with E-state index >= 15 is 0 Å². The van der Waals surface area contributed by atoms with Crippen LogP contribution in [0.4, 0.5) is 4.79 Å². The Bertz CT molecular complexity index is 107. The first-order chi connectivity index (χ1) is 5.31. The van der Waals surface area contributed by atoms with Gasteiger partial charge in [0, 0.05) is 13.7 Å². The number of hydrogen-bond acceptors (Lipinski definition) is 2. The summed E-state index contributed by atoms with van der Waals surface area (Å²) in [5, 5.41) is 5.21. The lowest BCUT2D eigenvalue weighted by atomic mass is 10.3. The minimum absolute atomic E-state index is 0.166. The van der Waals surface area contributed by atoms with Crippen molar-refractivity contribution in [2.45, 2.75) is 19.8 Å². The first-order valence-electron chi connectivity index (χ1n) is 3.82. The van der Waals surface area contributed by atoms with Gasteiger partial charge in [0.05, 0.1) is 0 Å². The molecule has 0 bridgehead atoms. The van der Waals surface area contributed by atoms with E-state index in [0.29, 0.717) is 0 Å². The van der Waals surface area contributed by atoms with Crippen LogP contribution in [0.1, 0.15) is 19.8 Å². The second kappa shape index (κ2) is 7.34. The predicted molar refractivity (Wildman–Crippen MR) is 43.3 cm³/mol. The summed E-state index contributed by atoms with van der Waals surface area (Å²) in [7, 11) is 1.53. The Kier molecular flexibility index (Phi) is 6.82. The van der Waals surface area contributed by atoms with Crippen molar-refractivity contribution in [1.82, 2.24) is 10.6 Å². The summed E-state index contributed by atoms with van der Waals surface area (Å²) in [6.45, 7) is 3.07. The van der Waals surface area contributed by atoms with Gasteiger partial charge in [0.15, 0.2) is 0 Å². The maximum Gasteiger partial charge on any atom is 0.316 e. The quantitative estimate of drug-likeness (QED) is 0.459. The summed E-state index contributed by atoms with van der Waals surface area (Å²) in [5.41, 5.74) is 0. The van der Waals surface area contributed by atoms with Gasteiger partial charge in [0.1, 0.15) is 6.73 Å².